The van der Waals surface area contributed by atoms with Crippen LogP contribution in [-0.4, -0.2) is 32.5 Å². The molecule has 0 amide bonds. The fourth-order valence-corrected chi connectivity index (χ4v) is 4.98. The number of aliphatic hydroxyl groups is 3. The molecule has 0 aliphatic heterocycles. The molecule has 2 rings (SSSR count). The van der Waals surface area contributed by atoms with Gasteiger partial charge in [0.2, 0.25) is 0 Å². The number of ketones is 2. The van der Waals surface area contributed by atoms with E-state index in [9.17, 15) is 24.9 Å². The van der Waals surface area contributed by atoms with Crippen molar-refractivity contribution in [3.8, 4) is 0 Å². The molecule has 0 saturated heterocycles. The molecule has 5 atom stereocenters. The first-order valence-electron chi connectivity index (χ1n) is 11.6. The van der Waals surface area contributed by atoms with E-state index in [0.717, 1.165) is 17.6 Å². The van der Waals surface area contributed by atoms with Crippen molar-refractivity contribution in [2.75, 3.05) is 0 Å². The van der Waals surface area contributed by atoms with Crippen LogP contribution in [0.5, 0.6) is 0 Å². The predicted molar refractivity (Wildman–Crippen MR) is 127 cm³/mol. The summed E-state index contributed by atoms with van der Waals surface area (Å²) in [6.07, 6.45) is 4.13. The maximum Gasteiger partial charge on any atom is 0.183 e. The maximum atomic E-state index is 13.5. The van der Waals surface area contributed by atoms with Crippen LogP contribution in [0.1, 0.15) is 80.6 Å². The molecule has 5 nitrogen and oxygen atoms in total. The van der Waals surface area contributed by atoms with E-state index in [1.807, 2.05) is 33.8 Å². The molecule has 0 aromatic carbocycles. The molecule has 2 aliphatic rings. The minimum Gasteiger partial charge on any atom is -0.511 e. The molecular formula is C27H40O5. The van der Waals surface area contributed by atoms with Gasteiger partial charge in [-0.25, -0.2) is 0 Å². The lowest BCUT2D eigenvalue weighted by Gasteiger charge is -2.37. The van der Waals surface area contributed by atoms with Crippen molar-refractivity contribution in [2.24, 2.45) is 23.2 Å². The molecule has 3 N–H and O–H groups in total. The van der Waals surface area contributed by atoms with Crippen LogP contribution in [0.3, 0.4) is 0 Å². The van der Waals surface area contributed by atoms with Gasteiger partial charge in [0.25, 0.3) is 0 Å². The average molecular weight is 445 g/mol. The molecule has 0 heterocycles. The summed E-state index contributed by atoms with van der Waals surface area (Å²) >= 11 is 0. The standard InChI is InChI=1S/C27H40O5/c1-9-17(6)22(28)21-23(29)19(14-20-18(16(4)5)11-13-27(20,8)32)24(30)26(7,25(21)31)12-10-15(2)3/h10,17-18,20,29-30,32H,4,9,11-14H2,1-3,5-8H3/t17-,18-,20-,26-,27+/m1/s1. The van der Waals surface area contributed by atoms with Crippen molar-refractivity contribution < 1.29 is 24.9 Å². The Morgan fingerprint density at radius 1 is 1.25 bits per heavy atom. The Hall–Kier alpha value is -2.14. The highest BCUT2D eigenvalue weighted by Gasteiger charge is 2.51. The third-order valence-corrected chi connectivity index (χ3v) is 7.59. The lowest BCUT2D eigenvalue weighted by atomic mass is 9.67. The number of hydrogen-bond donors (Lipinski definition) is 3. The van der Waals surface area contributed by atoms with Crippen LogP contribution >= 0.6 is 0 Å². The molecule has 0 bridgehead atoms. The van der Waals surface area contributed by atoms with Crippen molar-refractivity contribution in [3.63, 3.8) is 0 Å². The van der Waals surface area contributed by atoms with E-state index >= 15 is 0 Å². The van der Waals surface area contributed by atoms with Crippen LogP contribution in [0.2, 0.25) is 0 Å². The zero-order valence-electron chi connectivity index (χ0n) is 20.7. The van der Waals surface area contributed by atoms with E-state index in [1.165, 1.54) is 0 Å². The highest BCUT2D eigenvalue weighted by atomic mass is 16.3. The van der Waals surface area contributed by atoms with Gasteiger partial charge in [-0.1, -0.05) is 37.6 Å². The summed E-state index contributed by atoms with van der Waals surface area (Å²) in [4.78, 5) is 26.6. The Morgan fingerprint density at radius 3 is 2.34 bits per heavy atom. The summed E-state index contributed by atoms with van der Waals surface area (Å²) in [7, 11) is 0. The summed E-state index contributed by atoms with van der Waals surface area (Å²) < 4.78 is 0. The molecule has 0 radical (unpaired) electrons. The lowest BCUT2D eigenvalue weighted by molar-refractivity contribution is -0.128. The second-order valence-electron chi connectivity index (χ2n) is 10.5. The summed E-state index contributed by atoms with van der Waals surface area (Å²) in [5.41, 5.74) is -0.453. The Bertz CT molecular complexity index is 897. The first-order valence-corrected chi connectivity index (χ1v) is 11.6. The van der Waals surface area contributed by atoms with Crippen molar-refractivity contribution in [3.05, 3.63) is 46.5 Å². The van der Waals surface area contributed by atoms with E-state index in [2.05, 4.69) is 6.58 Å². The summed E-state index contributed by atoms with van der Waals surface area (Å²) in [5, 5.41) is 33.5. The van der Waals surface area contributed by atoms with Crippen LogP contribution in [-0.2, 0) is 9.59 Å². The molecule has 1 saturated carbocycles. The van der Waals surface area contributed by atoms with Gasteiger partial charge >= 0.3 is 0 Å². The Labute approximate surface area is 192 Å². The molecule has 0 aromatic heterocycles. The Balaban J connectivity index is 2.69. The van der Waals surface area contributed by atoms with E-state index in [1.54, 1.807) is 20.8 Å². The first-order chi connectivity index (χ1) is 14.7. The van der Waals surface area contributed by atoms with Gasteiger partial charge in [0.15, 0.2) is 11.6 Å². The molecule has 0 aromatic rings. The van der Waals surface area contributed by atoms with Gasteiger partial charge in [-0.15, -0.1) is 0 Å². The number of allylic oxidation sites excluding steroid dienone is 6. The minimum absolute atomic E-state index is 0.0217. The van der Waals surface area contributed by atoms with Gasteiger partial charge in [-0.3, -0.25) is 9.59 Å². The van der Waals surface area contributed by atoms with Crippen LogP contribution in [0.25, 0.3) is 0 Å². The highest BCUT2D eigenvalue weighted by molar-refractivity contribution is 6.24. The number of hydrogen-bond acceptors (Lipinski definition) is 5. The van der Waals surface area contributed by atoms with Crippen LogP contribution in [0, 0.1) is 23.2 Å². The zero-order chi connectivity index (χ0) is 24.6. The topological polar surface area (TPSA) is 94.8 Å². The van der Waals surface area contributed by atoms with Crippen molar-refractivity contribution in [1.82, 2.24) is 0 Å². The first kappa shape index (κ1) is 26.1. The number of rotatable bonds is 8. The van der Waals surface area contributed by atoms with Gasteiger partial charge in [-0.05, 0) is 78.6 Å². The summed E-state index contributed by atoms with van der Waals surface area (Å²) in [5.74, 6) is -2.29. The Kier molecular flexibility index (Phi) is 7.66. The second kappa shape index (κ2) is 9.38. The smallest absolute Gasteiger partial charge is 0.183 e. The van der Waals surface area contributed by atoms with Gasteiger partial charge in [0.05, 0.1) is 11.0 Å². The number of aliphatic hydroxyl groups excluding tert-OH is 2. The summed E-state index contributed by atoms with van der Waals surface area (Å²) in [6.45, 7) is 16.8. The van der Waals surface area contributed by atoms with E-state index in [0.29, 0.717) is 12.8 Å². The monoisotopic (exact) mass is 444 g/mol. The third kappa shape index (κ3) is 4.63. The predicted octanol–water partition coefficient (Wildman–Crippen LogP) is 5.91. The van der Waals surface area contributed by atoms with Crippen molar-refractivity contribution >= 4 is 11.6 Å². The number of Topliss-reactive ketones (excluding diaryl/α,β-unsaturated/α-hetero) is 2. The average Bonchev–Trinajstić information content (AvgIpc) is 3.01. The van der Waals surface area contributed by atoms with E-state index in [4.69, 9.17) is 0 Å². The normalized spacial score (nSPS) is 31.7. The highest BCUT2D eigenvalue weighted by Crippen LogP contribution is 2.50. The summed E-state index contributed by atoms with van der Waals surface area (Å²) in [6, 6.07) is 0. The van der Waals surface area contributed by atoms with Crippen LogP contribution < -0.4 is 0 Å². The molecule has 1 fully saturated rings. The number of carbonyl (C=O) groups is 2. The maximum absolute atomic E-state index is 13.5. The molecule has 5 heteroatoms. The molecule has 32 heavy (non-hydrogen) atoms. The van der Waals surface area contributed by atoms with Gasteiger partial charge in [0.1, 0.15) is 17.1 Å². The van der Waals surface area contributed by atoms with E-state index in [-0.39, 0.29) is 41.6 Å². The molecule has 178 valence electrons. The van der Waals surface area contributed by atoms with Crippen LogP contribution in [0.15, 0.2) is 46.5 Å². The minimum atomic E-state index is -1.35. The van der Waals surface area contributed by atoms with Gasteiger partial charge < -0.3 is 15.3 Å². The molecule has 0 unspecified atom stereocenters. The second-order valence-corrected chi connectivity index (χ2v) is 10.5. The lowest BCUT2D eigenvalue weighted by Crippen LogP contribution is -2.41. The Morgan fingerprint density at radius 2 is 1.84 bits per heavy atom. The SMILES string of the molecule is C=C(C)[C@H]1CC[C@](C)(O)[C@@H]1CC1=C(O)[C@@](C)(CC=C(C)C)C(=O)C(C(=O)[C@H](C)CC)=C1O. The van der Waals surface area contributed by atoms with Crippen LogP contribution in [0.4, 0.5) is 0 Å². The number of carbonyl (C=O) groups excluding carboxylic acids is 2. The van der Waals surface area contributed by atoms with E-state index < -0.39 is 34.3 Å². The molecular weight excluding hydrogens is 404 g/mol. The van der Waals surface area contributed by atoms with Crippen molar-refractivity contribution in [2.45, 2.75) is 86.2 Å². The largest absolute Gasteiger partial charge is 0.511 e. The molecule has 0 spiro atoms. The molecule has 2 aliphatic carbocycles. The van der Waals surface area contributed by atoms with Gasteiger partial charge in [-0.2, -0.15) is 0 Å². The quantitative estimate of drug-likeness (QED) is 0.319. The van der Waals surface area contributed by atoms with Gasteiger partial charge in [0, 0.05) is 11.5 Å². The fourth-order valence-electron chi connectivity index (χ4n) is 4.98. The zero-order valence-corrected chi connectivity index (χ0v) is 20.7. The third-order valence-electron chi connectivity index (χ3n) is 7.59. The fraction of sp³-hybridized carbons (Fsp3) is 0.630. The van der Waals surface area contributed by atoms with Crippen molar-refractivity contribution in [1.29, 1.82) is 0 Å².